The van der Waals surface area contributed by atoms with Gasteiger partial charge in [-0.3, -0.25) is 9.78 Å². The number of benzene rings is 3. The van der Waals surface area contributed by atoms with E-state index in [-0.39, 0.29) is 0 Å². The minimum atomic E-state index is -0.448. The molecule has 0 radical (unpaired) electrons. The molecule has 3 aromatic carbocycles. The van der Waals surface area contributed by atoms with Crippen molar-refractivity contribution in [3.63, 3.8) is 0 Å². The quantitative estimate of drug-likeness (QED) is 0.245. The second-order valence-corrected chi connectivity index (χ2v) is 8.82. The molecule has 0 aliphatic heterocycles. The molecule has 34 heavy (non-hydrogen) atoms. The summed E-state index contributed by atoms with van der Waals surface area (Å²) in [5.74, 6) is 0.776. The number of imidazole rings is 1. The Morgan fingerprint density at radius 1 is 0.971 bits per heavy atom. The molecule has 0 spiro atoms. The predicted octanol–water partition coefficient (Wildman–Crippen LogP) is 6.27. The molecule has 0 amide bonds. The van der Waals surface area contributed by atoms with Crippen LogP contribution in [-0.4, -0.2) is 15.5 Å². The zero-order chi connectivity index (χ0) is 23.3. The molecular weight excluding hydrogens is 424 g/mol. The van der Waals surface area contributed by atoms with E-state index in [0.717, 1.165) is 49.0 Å². The second kappa shape index (κ2) is 9.96. The van der Waals surface area contributed by atoms with Gasteiger partial charge in [0, 0.05) is 30.2 Å². The predicted molar refractivity (Wildman–Crippen MR) is 132 cm³/mol. The van der Waals surface area contributed by atoms with Gasteiger partial charge in [0.25, 0.3) is 0 Å². The Bertz CT molecular complexity index is 1270. The van der Waals surface area contributed by atoms with Gasteiger partial charge in [-0.25, -0.2) is 9.78 Å². The maximum absolute atomic E-state index is 11.1. The van der Waals surface area contributed by atoms with Gasteiger partial charge in [0.05, 0.1) is 17.7 Å². The zero-order valence-corrected chi connectivity index (χ0v) is 19.3. The molecule has 1 aromatic heterocycles. The fourth-order valence-electron chi connectivity index (χ4n) is 4.86. The van der Waals surface area contributed by atoms with Crippen LogP contribution in [0.3, 0.4) is 0 Å². The third-order valence-electron chi connectivity index (χ3n) is 6.50. The summed E-state index contributed by atoms with van der Waals surface area (Å²) in [6.45, 7) is 2.25. The molecule has 5 heteroatoms. The van der Waals surface area contributed by atoms with Gasteiger partial charge in [0.15, 0.2) is 5.75 Å². The number of rotatable bonds is 7. The van der Waals surface area contributed by atoms with Crippen LogP contribution >= 0.6 is 0 Å². The molecule has 0 saturated carbocycles. The number of carbonyl (C=O) groups is 1. The van der Waals surface area contributed by atoms with Gasteiger partial charge in [-0.1, -0.05) is 72.8 Å². The summed E-state index contributed by atoms with van der Waals surface area (Å²) in [5.41, 5.74) is 6.93. The van der Waals surface area contributed by atoms with E-state index in [0.29, 0.717) is 11.7 Å². The van der Waals surface area contributed by atoms with E-state index in [2.05, 4.69) is 59.2 Å². The van der Waals surface area contributed by atoms with E-state index in [9.17, 15) is 4.79 Å². The first-order valence-corrected chi connectivity index (χ1v) is 11.8. The second-order valence-electron chi connectivity index (χ2n) is 8.82. The number of aromatic nitrogens is 2. The Labute approximate surface area is 199 Å². The zero-order valence-electron chi connectivity index (χ0n) is 19.3. The van der Waals surface area contributed by atoms with E-state index in [4.69, 9.17) is 14.8 Å². The highest BCUT2D eigenvalue weighted by Gasteiger charge is 2.23. The summed E-state index contributed by atoms with van der Waals surface area (Å²) in [5, 5.41) is 0. The van der Waals surface area contributed by atoms with Crippen LogP contribution in [0.15, 0.2) is 85.2 Å². The lowest BCUT2D eigenvalue weighted by Crippen LogP contribution is -2.17. The molecule has 1 aliphatic rings. The van der Waals surface area contributed by atoms with Gasteiger partial charge in [-0.2, -0.15) is 0 Å². The monoisotopic (exact) mass is 452 g/mol. The summed E-state index contributed by atoms with van der Waals surface area (Å²) in [7, 11) is 0. The van der Waals surface area contributed by atoms with E-state index >= 15 is 0 Å². The molecule has 0 N–H and O–H groups in total. The van der Waals surface area contributed by atoms with Crippen molar-refractivity contribution < 1.29 is 14.6 Å². The van der Waals surface area contributed by atoms with Gasteiger partial charge in [0.2, 0.25) is 0 Å². The Kier molecular flexibility index (Phi) is 6.43. The van der Waals surface area contributed by atoms with E-state index in [1.54, 1.807) is 0 Å². The summed E-state index contributed by atoms with van der Waals surface area (Å²) in [6, 6.07) is 26.9. The molecule has 4 aromatic rings. The minimum absolute atomic E-state index is 0.448. The van der Waals surface area contributed by atoms with E-state index in [1.807, 2.05) is 30.6 Å². The van der Waals surface area contributed by atoms with Gasteiger partial charge < -0.3 is 4.57 Å². The number of fused-ring (bicyclic) bond motifs is 1. The van der Waals surface area contributed by atoms with Crippen molar-refractivity contribution in [2.45, 2.75) is 39.2 Å². The van der Waals surface area contributed by atoms with Crippen molar-refractivity contribution in [3.05, 3.63) is 96.3 Å². The molecule has 5 nitrogen and oxygen atoms in total. The molecule has 5 rings (SSSR count). The van der Waals surface area contributed by atoms with Crippen LogP contribution in [0, 0.1) is 5.92 Å². The fraction of sp³-hybridized carbons (Fsp3) is 0.241. The van der Waals surface area contributed by atoms with E-state index < -0.39 is 5.97 Å². The number of hydrogen-bond donors (Lipinski definition) is 0. The van der Waals surface area contributed by atoms with Crippen LogP contribution in [-0.2, 0) is 29.1 Å². The Hall–Kier alpha value is -3.86. The fourth-order valence-corrected chi connectivity index (χ4v) is 4.86. The van der Waals surface area contributed by atoms with Gasteiger partial charge in [-0.15, -0.1) is 0 Å². The Morgan fingerprint density at radius 2 is 1.71 bits per heavy atom. The first kappa shape index (κ1) is 22.0. The molecular formula is C29H28N2O3. The highest BCUT2D eigenvalue weighted by atomic mass is 17.2. The Balaban J connectivity index is 1.34. The van der Waals surface area contributed by atoms with E-state index in [1.165, 1.54) is 23.7 Å². The molecule has 172 valence electrons. The highest BCUT2D eigenvalue weighted by Crippen LogP contribution is 2.35. The lowest BCUT2D eigenvalue weighted by Gasteiger charge is -2.26. The lowest BCUT2D eigenvalue weighted by atomic mass is 9.82. The van der Waals surface area contributed by atoms with Gasteiger partial charge in [-0.05, 0) is 43.2 Å². The number of aryl methyl sites for hydroxylation is 1. The van der Waals surface area contributed by atoms with Gasteiger partial charge in [0.1, 0.15) is 0 Å². The SMILES string of the molecule is CC(=O)OOc1cccc2c1CCC(CCn1cnc(-c3ccccc3)c1-c1ccccc1)C2. The van der Waals surface area contributed by atoms with Crippen molar-refractivity contribution >= 4 is 5.97 Å². The summed E-state index contributed by atoms with van der Waals surface area (Å²) >= 11 is 0. The van der Waals surface area contributed by atoms with Gasteiger partial charge >= 0.3 is 5.97 Å². The first-order chi connectivity index (χ1) is 16.7. The number of nitrogens with zero attached hydrogens (tertiary/aromatic N) is 2. The van der Waals surface area contributed by atoms with Crippen LogP contribution in [0.1, 0.15) is 30.9 Å². The van der Waals surface area contributed by atoms with Crippen LogP contribution in [0.4, 0.5) is 0 Å². The molecule has 1 atom stereocenters. The topological polar surface area (TPSA) is 53.4 Å². The summed E-state index contributed by atoms with van der Waals surface area (Å²) in [6.07, 6.45) is 6.04. The standard InChI is InChI=1S/C29H28N2O3/c1-21(32)33-34-27-14-8-13-25-19-22(15-16-26(25)27)17-18-31-20-30-28(23-9-4-2-5-10-23)29(31)24-11-6-3-7-12-24/h2-14,20,22H,15-19H2,1H3. The lowest BCUT2D eigenvalue weighted by molar-refractivity contribution is -0.211. The molecule has 1 unspecified atom stereocenters. The number of hydrogen-bond acceptors (Lipinski definition) is 4. The third-order valence-corrected chi connectivity index (χ3v) is 6.50. The maximum atomic E-state index is 11.1. The largest absolute Gasteiger partial charge is 0.352 e. The van der Waals surface area contributed by atoms with Crippen LogP contribution < -0.4 is 4.89 Å². The van der Waals surface area contributed by atoms with Crippen molar-refractivity contribution in [3.8, 4) is 28.3 Å². The smallest absolute Gasteiger partial charge is 0.330 e. The van der Waals surface area contributed by atoms with Crippen LogP contribution in [0.5, 0.6) is 5.75 Å². The maximum Gasteiger partial charge on any atom is 0.352 e. The summed E-state index contributed by atoms with van der Waals surface area (Å²) in [4.78, 5) is 26.0. The summed E-state index contributed by atoms with van der Waals surface area (Å²) < 4.78 is 2.30. The highest BCUT2D eigenvalue weighted by molar-refractivity contribution is 5.78. The minimum Gasteiger partial charge on any atom is -0.330 e. The average Bonchev–Trinajstić information content (AvgIpc) is 3.31. The van der Waals surface area contributed by atoms with Crippen molar-refractivity contribution in [1.82, 2.24) is 9.55 Å². The van der Waals surface area contributed by atoms with Crippen LogP contribution in [0.2, 0.25) is 0 Å². The molecule has 1 heterocycles. The van der Waals surface area contributed by atoms with Crippen LogP contribution in [0.25, 0.3) is 22.5 Å². The number of carbonyl (C=O) groups excluding carboxylic acids is 1. The molecule has 0 fully saturated rings. The average molecular weight is 453 g/mol. The molecule has 0 bridgehead atoms. The van der Waals surface area contributed by atoms with Crippen molar-refractivity contribution in [2.24, 2.45) is 5.92 Å². The molecule has 0 saturated heterocycles. The van der Waals surface area contributed by atoms with Crippen molar-refractivity contribution in [1.29, 1.82) is 0 Å². The Morgan fingerprint density at radius 3 is 2.44 bits per heavy atom. The van der Waals surface area contributed by atoms with Crippen molar-refractivity contribution in [2.75, 3.05) is 0 Å². The molecule has 1 aliphatic carbocycles. The third kappa shape index (κ3) is 4.74. The normalized spacial score (nSPS) is 14.9. The first-order valence-electron chi connectivity index (χ1n) is 11.8.